The van der Waals surface area contributed by atoms with Gasteiger partial charge >= 0.3 is 5.76 Å². The van der Waals surface area contributed by atoms with Gasteiger partial charge in [-0.05, 0) is 40.2 Å². The molecule has 0 radical (unpaired) electrons. The molecule has 0 aliphatic heterocycles. The fourth-order valence-corrected chi connectivity index (χ4v) is 4.76. The second-order valence-electron chi connectivity index (χ2n) is 3.86. The van der Waals surface area contributed by atoms with Gasteiger partial charge in [0.1, 0.15) is 4.21 Å². The van der Waals surface area contributed by atoms with Gasteiger partial charge in [0.15, 0.2) is 5.58 Å². The maximum atomic E-state index is 12.2. The summed E-state index contributed by atoms with van der Waals surface area (Å²) in [4.78, 5) is 13.6. The smallest absolute Gasteiger partial charge is 0.406 e. The highest BCUT2D eigenvalue weighted by Crippen LogP contribution is 2.29. The van der Waals surface area contributed by atoms with Crippen molar-refractivity contribution in [3.05, 3.63) is 44.7 Å². The monoisotopic (exact) mass is 374 g/mol. The molecule has 0 spiro atoms. The molecule has 3 rings (SSSR count). The SMILES string of the molecule is O=c1[nH]c2cccc(NS(=O)(=O)c3ccc(Br)s3)c2o1. The molecule has 0 atom stereocenters. The van der Waals surface area contributed by atoms with Crippen molar-refractivity contribution < 1.29 is 12.8 Å². The van der Waals surface area contributed by atoms with E-state index < -0.39 is 15.8 Å². The maximum absolute atomic E-state index is 12.2. The Morgan fingerprint density at radius 1 is 1.25 bits per heavy atom. The molecule has 0 amide bonds. The number of nitrogens with one attached hydrogen (secondary N) is 2. The molecule has 2 aromatic heterocycles. The Hall–Kier alpha value is -1.58. The molecule has 0 saturated heterocycles. The molecule has 0 bridgehead atoms. The second-order valence-corrected chi connectivity index (χ2v) is 8.23. The number of oxazole rings is 1. The molecule has 0 saturated carbocycles. The molecule has 0 unspecified atom stereocenters. The van der Waals surface area contributed by atoms with Gasteiger partial charge < -0.3 is 4.42 Å². The predicted molar refractivity (Wildman–Crippen MR) is 79.7 cm³/mol. The fourth-order valence-electron chi connectivity index (χ4n) is 1.69. The molecule has 1 aromatic carbocycles. The Balaban J connectivity index is 2.07. The van der Waals surface area contributed by atoms with Crippen molar-refractivity contribution in [2.75, 3.05) is 4.72 Å². The van der Waals surface area contributed by atoms with Gasteiger partial charge in [-0.3, -0.25) is 9.71 Å². The fraction of sp³-hybridized carbons (Fsp3) is 0. The minimum Gasteiger partial charge on any atom is -0.406 e. The van der Waals surface area contributed by atoms with Crippen LogP contribution < -0.4 is 10.5 Å². The normalized spacial score (nSPS) is 11.8. The summed E-state index contributed by atoms with van der Waals surface area (Å²) in [6.07, 6.45) is 0. The van der Waals surface area contributed by atoms with E-state index in [0.717, 1.165) is 11.3 Å². The van der Waals surface area contributed by atoms with Crippen molar-refractivity contribution in [3.8, 4) is 0 Å². The molecule has 2 heterocycles. The van der Waals surface area contributed by atoms with E-state index in [-0.39, 0.29) is 15.5 Å². The number of sulfonamides is 1. The van der Waals surface area contributed by atoms with Gasteiger partial charge in [-0.25, -0.2) is 13.2 Å². The molecular weight excluding hydrogens is 368 g/mol. The Bertz CT molecular complexity index is 939. The molecule has 9 heteroatoms. The first kappa shape index (κ1) is 13.4. The Labute approximate surface area is 125 Å². The van der Waals surface area contributed by atoms with Gasteiger partial charge in [-0.2, -0.15) is 0 Å². The average molecular weight is 375 g/mol. The molecule has 6 nitrogen and oxygen atoms in total. The van der Waals surface area contributed by atoms with E-state index in [0.29, 0.717) is 9.30 Å². The molecule has 3 aromatic rings. The zero-order valence-corrected chi connectivity index (χ0v) is 12.9. The lowest BCUT2D eigenvalue weighted by atomic mass is 10.3. The Morgan fingerprint density at radius 2 is 2.05 bits per heavy atom. The van der Waals surface area contributed by atoms with Crippen molar-refractivity contribution >= 4 is 54.1 Å². The van der Waals surface area contributed by atoms with Gasteiger partial charge in [0.05, 0.1) is 15.0 Å². The van der Waals surface area contributed by atoms with Crippen LogP contribution in [0.1, 0.15) is 0 Å². The van der Waals surface area contributed by atoms with Gasteiger partial charge in [-0.15, -0.1) is 11.3 Å². The number of para-hydroxylation sites is 1. The first-order chi connectivity index (χ1) is 9.45. The largest absolute Gasteiger partial charge is 0.417 e. The van der Waals surface area contributed by atoms with Crippen LogP contribution in [0.4, 0.5) is 5.69 Å². The molecule has 20 heavy (non-hydrogen) atoms. The number of thiophene rings is 1. The van der Waals surface area contributed by atoms with E-state index in [9.17, 15) is 13.2 Å². The number of H-pyrrole nitrogens is 1. The highest BCUT2D eigenvalue weighted by Gasteiger charge is 2.19. The van der Waals surface area contributed by atoms with E-state index in [4.69, 9.17) is 4.42 Å². The summed E-state index contributed by atoms with van der Waals surface area (Å²) in [5.74, 6) is -0.634. The van der Waals surface area contributed by atoms with Crippen LogP contribution in [0.5, 0.6) is 0 Å². The third-order valence-electron chi connectivity index (χ3n) is 2.50. The lowest BCUT2D eigenvalue weighted by molar-refractivity contribution is 0.556. The lowest BCUT2D eigenvalue weighted by Gasteiger charge is -2.05. The third kappa shape index (κ3) is 2.39. The number of fused-ring (bicyclic) bond motifs is 1. The minimum absolute atomic E-state index is 0.166. The van der Waals surface area contributed by atoms with Crippen LogP contribution in [-0.2, 0) is 10.0 Å². The lowest BCUT2D eigenvalue weighted by Crippen LogP contribution is -2.11. The quantitative estimate of drug-likeness (QED) is 0.736. The summed E-state index contributed by atoms with van der Waals surface area (Å²) < 4.78 is 32.7. The standard InChI is InChI=1S/C11H7BrN2O4S2/c12-8-4-5-9(19-8)20(16,17)14-7-3-1-2-6-10(7)18-11(15)13-6/h1-5,14H,(H,13,15). The first-order valence-electron chi connectivity index (χ1n) is 5.36. The molecular formula is C11H7BrN2O4S2. The number of anilines is 1. The summed E-state index contributed by atoms with van der Waals surface area (Å²) in [6, 6.07) is 7.91. The van der Waals surface area contributed by atoms with E-state index in [1.165, 1.54) is 12.1 Å². The van der Waals surface area contributed by atoms with Crippen LogP contribution in [0.2, 0.25) is 0 Å². The van der Waals surface area contributed by atoms with Gasteiger partial charge in [0.2, 0.25) is 0 Å². The summed E-state index contributed by atoms with van der Waals surface area (Å²) >= 11 is 4.31. The van der Waals surface area contributed by atoms with E-state index >= 15 is 0 Å². The number of rotatable bonds is 3. The van der Waals surface area contributed by atoms with Gasteiger partial charge in [0, 0.05) is 0 Å². The maximum Gasteiger partial charge on any atom is 0.417 e. The van der Waals surface area contributed by atoms with E-state index in [2.05, 4.69) is 25.6 Å². The van der Waals surface area contributed by atoms with Crippen molar-refractivity contribution in [1.82, 2.24) is 4.98 Å². The molecule has 0 aliphatic carbocycles. The summed E-state index contributed by atoms with van der Waals surface area (Å²) in [6.45, 7) is 0. The van der Waals surface area contributed by atoms with Crippen LogP contribution >= 0.6 is 27.3 Å². The number of aromatic nitrogens is 1. The molecule has 0 fully saturated rings. The predicted octanol–water partition coefficient (Wildman–Crippen LogP) is 2.75. The average Bonchev–Trinajstić information content (AvgIpc) is 2.95. The van der Waals surface area contributed by atoms with E-state index in [1.807, 2.05) is 0 Å². The summed E-state index contributed by atoms with van der Waals surface area (Å²) in [5.41, 5.74) is 0.824. The van der Waals surface area contributed by atoms with Crippen molar-refractivity contribution in [2.45, 2.75) is 4.21 Å². The second kappa shape index (κ2) is 4.76. The number of benzene rings is 1. The van der Waals surface area contributed by atoms with Crippen LogP contribution in [0.25, 0.3) is 11.1 Å². The van der Waals surface area contributed by atoms with Crippen LogP contribution in [0.15, 0.2) is 47.5 Å². The van der Waals surface area contributed by atoms with Crippen molar-refractivity contribution in [3.63, 3.8) is 0 Å². The minimum atomic E-state index is -3.71. The van der Waals surface area contributed by atoms with E-state index in [1.54, 1.807) is 18.2 Å². The van der Waals surface area contributed by atoms with Crippen LogP contribution in [0.3, 0.4) is 0 Å². The number of hydrogen-bond acceptors (Lipinski definition) is 5. The highest BCUT2D eigenvalue weighted by atomic mass is 79.9. The summed E-state index contributed by atoms with van der Waals surface area (Å²) in [5, 5.41) is 0. The molecule has 0 aliphatic rings. The topological polar surface area (TPSA) is 92.2 Å². The molecule has 104 valence electrons. The van der Waals surface area contributed by atoms with Gasteiger partial charge in [0.25, 0.3) is 10.0 Å². The van der Waals surface area contributed by atoms with Crippen molar-refractivity contribution in [1.29, 1.82) is 0 Å². The number of halogens is 1. The Morgan fingerprint density at radius 3 is 2.75 bits per heavy atom. The zero-order chi connectivity index (χ0) is 14.3. The first-order valence-corrected chi connectivity index (χ1v) is 8.45. The van der Waals surface area contributed by atoms with Crippen LogP contribution in [-0.4, -0.2) is 13.4 Å². The van der Waals surface area contributed by atoms with Crippen molar-refractivity contribution in [2.24, 2.45) is 0 Å². The van der Waals surface area contributed by atoms with Crippen LogP contribution in [0, 0.1) is 0 Å². The number of aromatic amines is 1. The third-order valence-corrected chi connectivity index (χ3v) is 5.99. The Kier molecular flexibility index (Phi) is 3.19. The molecule has 2 N–H and O–H groups in total. The highest BCUT2D eigenvalue weighted by molar-refractivity contribution is 9.11. The number of hydrogen-bond donors (Lipinski definition) is 2. The van der Waals surface area contributed by atoms with Gasteiger partial charge in [-0.1, -0.05) is 6.07 Å². The zero-order valence-electron chi connectivity index (χ0n) is 9.71. The summed E-state index contributed by atoms with van der Waals surface area (Å²) in [7, 11) is -3.71.